The van der Waals surface area contributed by atoms with Gasteiger partial charge in [-0.2, -0.15) is 4.31 Å². The predicted octanol–water partition coefficient (Wildman–Crippen LogP) is -0.504. The fraction of sp³-hybridized carbons (Fsp3) is 0.438. The van der Waals surface area contributed by atoms with E-state index in [1.54, 1.807) is 0 Å². The number of aliphatic carboxylic acids is 1. The largest absolute Gasteiger partial charge is 0.480 e. The Hall–Kier alpha value is -2.46. The zero-order valence-corrected chi connectivity index (χ0v) is 14.7. The quantitative estimate of drug-likeness (QED) is 0.684. The summed E-state index contributed by atoms with van der Waals surface area (Å²) in [4.78, 5) is 36.2. The minimum Gasteiger partial charge on any atom is -0.480 e. The number of hydrogen-bond acceptors (Lipinski definition) is 5. The summed E-state index contributed by atoms with van der Waals surface area (Å²) in [6.07, 6.45) is 1.53. The van der Waals surface area contributed by atoms with E-state index in [-0.39, 0.29) is 48.6 Å². The third-order valence-corrected chi connectivity index (χ3v) is 6.16. The first-order valence-corrected chi connectivity index (χ1v) is 9.63. The molecular weight excluding hydrogens is 362 g/mol. The van der Waals surface area contributed by atoms with Crippen LogP contribution in [-0.4, -0.2) is 72.7 Å². The summed E-state index contributed by atoms with van der Waals surface area (Å²) < 4.78 is 26.3. The van der Waals surface area contributed by atoms with Gasteiger partial charge in [0.05, 0.1) is 11.4 Å². The number of carbonyl (C=O) groups excluding carboxylic acids is 2. The first-order valence-electron chi connectivity index (χ1n) is 8.19. The maximum absolute atomic E-state index is 12.6. The van der Waals surface area contributed by atoms with E-state index in [0.29, 0.717) is 0 Å². The number of piperazine rings is 1. The van der Waals surface area contributed by atoms with Crippen molar-refractivity contribution in [2.75, 3.05) is 26.2 Å². The lowest BCUT2D eigenvalue weighted by Gasteiger charge is -2.26. The zero-order chi connectivity index (χ0) is 18.9. The molecule has 0 unspecified atom stereocenters. The van der Waals surface area contributed by atoms with E-state index in [2.05, 4.69) is 5.32 Å². The number of nitrogens with zero attached hydrogens (tertiary/aromatic N) is 2. The number of amides is 2. The summed E-state index contributed by atoms with van der Waals surface area (Å²) in [5.74, 6) is -1.88. The van der Waals surface area contributed by atoms with Gasteiger partial charge in [-0.1, -0.05) is 0 Å². The predicted molar refractivity (Wildman–Crippen MR) is 89.9 cm³/mol. The van der Waals surface area contributed by atoms with Crippen molar-refractivity contribution in [1.82, 2.24) is 14.5 Å². The third-order valence-electron chi connectivity index (χ3n) is 4.30. The normalized spacial score (nSPS) is 18.2. The molecule has 1 aliphatic heterocycles. The van der Waals surface area contributed by atoms with Crippen LogP contribution in [0.25, 0.3) is 0 Å². The highest BCUT2D eigenvalue weighted by atomic mass is 32.2. The van der Waals surface area contributed by atoms with Crippen molar-refractivity contribution in [3.05, 3.63) is 29.8 Å². The Morgan fingerprint density at radius 2 is 1.88 bits per heavy atom. The molecule has 2 fully saturated rings. The lowest BCUT2D eigenvalue weighted by atomic mass is 10.2. The molecule has 3 rings (SSSR count). The third kappa shape index (κ3) is 3.86. The number of benzene rings is 1. The fourth-order valence-corrected chi connectivity index (χ4v) is 4.20. The molecule has 1 heterocycles. The second kappa shape index (κ2) is 7.04. The van der Waals surface area contributed by atoms with Gasteiger partial charge in [0.15, 0.2) is 0 Å². The van der Waals surface area contributed by atoms with E-state index in [1.165, 1.54) is 29.2 Å². The highest BCUT2D eigenvalue weighted by Gasteiger charge is 2.35. The summed E-state index contributed by atoms with van der Waals surface area (Å²) in [7, 11) is -3.83. The molecule has 2 amide bonds. The molecule has 2 aliphatic rings. The lowest BCUT2D eigenvalue weighted by molar-refractivity contribution is -0.137. The fourth-order valence-electron chi connectivity index (χ4n) is 2.80. The molecule has 2 N–H and O–H groups in total. The second-order valence-electron chi connectivity index (χ2n) is 6.27. The Labute approximate surface area is 150 Å². The highest BCUT2D eigenvalue weighted by Crippen LogP contribution is 2.28. The van der Waals surface area contributed by atoms with Crippen molar-refractivity contribution in [3.8, 4) is 0 Å². The molecule has 1 saturated heterocycles. The summed E-state index contributed by atoms with van der Waals surface area (Å²) in [5, 5.41) is 11.5. The van der Waals surface area contributed by atoms with Gasteiger partial charge in [-0.15, -0.1) is 0 Å². The molecule has 26 heavy (non-hydrogen) atoms. The van der Waals surface area contributed by atoms with Crippen LogP contribution < -0.4 is 5.32 Å². The van der Waals surface area contributed by atoms with Crippen LogP contribution in [-0.2, 0) is 19.6 Å². The van der Waals surface area contributed by atoms with Crippen LogP contribution in [0.2, 0.25) is 0 Å². The molecule has 0 atom stereocenters. The molecule has 9 nitrogen and oxygen atoms in total. The van der Waals surface area contributed by atoms with Crippen LogP contribution in [0.4, 0.5) is 0 Å². The zero-order valence-electron chi connectivity index (χ0n) is 13.9. The van der Waals surface area contributed by atoms with Gasteiger partial charge in [0.1, 0.15) is 6.54 Å². The summed E-state index contributed by atoms with van der Waals surface area (Å²) in [5.41, 5.74) is 0.230. The van der Waals surface area contributed by atoms with Crippen molar-refractivity contribution in [3.63, 3.8) is 0 Å². The number of carboxylic acids is 1. The summed E-state index contributed by atoms with van der Waals surface area (Å²) in [6.45, 7) is -0.188. The number of carboxylic acid groups (broad SMARTS) is 1. The van der Waals surface area contributed by atoms with Crippen LogP contribution >= 0.6 is 0 Å². The Kier molecular flexibility index (Phi) is 4.97. The highest BCUT2D eigenvalue weighted by molar-refractivity contribution is 7.89. The van der Waals surface area contributed by atoms with Gasteiger partial charge in [0, 0.05) is 24.7 Å². The average Bonchev–Trinajstić information content (AvgIpc) is 3.44. The van der Waals surface area contributed by atoms with Crippen LogP contribution in [0.5, 0.6) is 0 Å². The molecule has 0 bridgehead atoms. The molecule has 1 aliphatic carbocycles. The Balaban J connectivity index is 1.78. The van der Waals surface area contributed by atoms with E-state index in [9.17, 15) is 22.8 Å². The SMILES string of the molecule is O=C(O)CN(C(=O)c1ccc(S(=O)(=O)N2CCNC(=O)C2)cc1)C1CC1. The van der Waals surface area contributed by atoms with Gasteiger partial charge < -0.3 is 15.3 Å². The molecule has 1 aromatic carbocycles. The standard InChI is InChI=1S/C16H19N3O6S/c20-14-9-18(8-7-17-14)26(24,25)13-5-1-11(2-6-13)16(23)19(10-15(21)22)12-3-4-12/h1-2,5-6,12H,3-4,7-10H2,(H,17,20)(H,21,22). The van der Waals surface area contributed by atoms with Gasteiger partial charge in [-0.3, -0.25) is 14.4 Å². The molecule has 0 radical (unpaired) electrons. The molecule has 10 heteroatoms. The van der Waals surface area contributed by atoms with Crippen molar-refractivity contribution in [2.24, 2.45) is 0 Å². The topological polar surface area (TPSA) is 124 Å². The minimum atomic E-state index is -3.83. The number of hydrogen-bond donors (Lipinski definition) is 2. The number of rotatable bonds is 6. The number of carbonyl (C=O) groups is 3. The lowest BCUT2D eigenvalue weighted by Crippen LogP contribution is -2.49. The van der Waals surface area contributed by atoms with Gasteiger partial charge in [-0.05, 0) is 37.1 Å². The minimum absolute atomic E-state index is 0.0139. The van der Waals surface area contributed by atoms with Gasteiger partial charge in [0.25, 0.3) is 5.91 Å². The van der Waals surface area contributed by atoms with Gasteiger partial charge in [0.2, 0.25) is 15.9 Å². The van der Waals surface area contributed by atoms with Gasteiger partial charge in [-0.25, -0.2) is 8.42 Å². The maximum atomic E-state index is 12.6. The van der Waals surface area contributed by atoms with Crippen LogP contribution in [0.15, 0.2) is 29.2 Å². The maximum Gasteiger partial charge on any atom is 0.323 e. The van der Waals surface area contributed by atoms with Crippen molar-refractivity contribution < 1.29 is 27.9 Å². The van der Waals surface area contributed by atoms with Crippen LogP contribution in [0.1, 0.15) is 23.2 Å². The molecule has 0 aromatic heterocycles. The molecule has 0 spiro atoms. The van der Waals surface area contributed by atoms with Crippen molar-refractivity contribution in [1.29, 1.82) is 0 Å². The van der Waals surface area contributed by atoms with Crippen molar-refractivity contribution in [2.45, 2.75) is 23.8 Å². The van der Waals surface area contributed by atoms with Crippen molar-refractivity contribution >= 4 is 27.8 Å². The molecule has 140 valence electrons. The Bertz CT molecular complexity index is 832. The average molecular weight is 381 g/mol. The number of nitrogens with one attached hydrogen (secondary N) is 1. The molecular formula is C16H19N3O6S. The van der Waals surface area contributed by atoms with E-state index >= 15 is 0 Å². The van der Waals surface area contributed by atoms with Crippen LogP contribution in [0, 0.1) is 0 Å². The van der Waals surface area contributed by atoms with Crippen LogP contribution in [0.3, 0.4) is 0 Å². The first-order chi connectivity index (χ1) is 12.3. The summed E-state index contributed by atoms with van der Waals surface area (Å²) >= 11 is 0. The first kappa shape index (κ1) is 18.3. The molecule has 1 aromatic rings. The molecule has 1 saturated carbocycles. The monoisotopic (exact) mass is 381 g/mol. The van der Waals surface area contributed by atoms with E-state index < -0.39 is 21.9 Å². The van der Waals surface area contributed by atoms with Gasteiger partial charge >= 0.3 is 5.97 Å². The summed E-state index contributed by atoms with van der Waals surface area (Å²) in [6, 6.07) is 5.28. The Morgan fingerprint density at radius 3 is 2.42 bits per heavy atom. The smallest absolute Gasteiger partial charge is 0.323 e. The second-order valence-corrected chi connectivity index (χ2v) is 8.21. The van der Waals surface area contributed by atoms with E-state index in [1.807, 2.05) is 0 Å². The Morgan fingerprint density at radius 1 is 1.23 bits per heavy atom. The number of sulfonamides is 1. The van der Waals surface area contributed by atoms with E-state index in [0.717, 1.165) is 17.1 Å². The van der Waals surface area contributed by atoms with E-state index in [4.69, 9.17) is 5.11 Å².